The lowest BCUT2D eigenvalue weighted by Gasteiger charge is -2.18. The molecule has 2 atom stereocenters. The highest BCUT2D eigenvalue weighted by atomic mass is 16.4. The van der Waals surface area contributed by atoms with Crippen LogP contribution >= 0.6 is 0 Å². The zero-order valence-electron chi connectivity index (χ0n) is 8.79. The summed E-state index contributed by atoms with van der Waals surface area (Å²) < 4.78 is 5.21. The van der Waals surface area contributed by atoms with Gasteiger partial charge in [-0.25, -0.2) is 0 Å². The maximum Gasteiger partial charge on any atom is 0.294 e. The smallest absolute Gasteiger partial charge is 0.294 e. The largest absolute Gasteiger partial charge is 0.432 e. The third-order valence-corrected chi connectivity index (χ3v) is 2.47. The van der Waals surface area contributed by atoms with Gasteiger partial charge in [0.15, 0.2) is 0 Å². The zero-order valence-corrected chi connectivity index (χ0v) is 8.79. The molecule has 0 spiro atoms. The van der Waals surface area contributed by atoms with E-state index in [4.69, 9.17) is 4.42 Å². The van der Waals surface area contributed by atoms with E-state index >= 15 is 0 Å². The van der Waals surface area contributed by atoms with E-state index in [2.05, 4.69) is 31.1 Å². The standard InChI is InChI=1S/C10H18N2O/c1-5-7(2)9(4)12-10-11-8(3)6-13-10/h6-7,9H,5H2,1-4H3,(H,11,12). The Kier molecular flexibility index (Phi) is 3.34. The molecule has 1 heterocycles. The SMILES string of the molecule is CCC(C)C(C)Nc1nc(C)co1. The van der Waals surface area contributed by atoms with Crippen molar-refractivity contribution < 1.29 is 4.42 Å². The predicted molar refractivity (Wildman–Crippen MR) is 53.8 cm³/mol. The van der Waals surface area contributed by atoms with Crippen LogP contribution in [0.25, 0.3) is 0 Å². The molecule has 0 amide bonds. The minimum absolute atomic E-state index is 0.406. The van der Waals surface area contributed by atoms with Crippen LogP contribution in [0.3, 0.4) is 0 Å². The van der Waals surface area contributed by atoms with E-state index in [-0.39, 0.29) is 0 Å². The molecular formula is C10H18N2O. The molecule has 0 radical (unpaired) electrons. The van der Waals surface area contributed by atoms with Gasteiger partial charge in [-0.1, -0.05) is 20.3 Å². The Labute approximate surface area is 79.5 Å². The summed E-state index contributed by atoms with van der Waals surface area (Å²) in [5.41, 5.74) is 0.916. The second-order valence-electron chi connectivity index (χ2n) is 3.61. The van der Waals surface area contributed by atoms with Gasteiger partial charge in [0, 0.05) is 6.04 Å². The highest BCUT2D eigenvalue weighted by Crippen LogP contribution is 2.13. The average molecular weight is 182 g/mol. The number of anilines is 1. The molecule has 0 aliphatic rings. The molecule has 0 aliphatic carbocycles. The molecule has 0 aliphatic heterocycles. The monoisotopic (exact) mass is 182 g/mol. The minimum atomic E-state index is 0.406. The molecule has 3 heteroatoms. The lowest BCUT2D eigenvalue weighted by molar-refractivity contribution is 0.473. The van der Waals surface area contributed by atoms with E-state index in [9.17, 15) is 0 Å². The maximum atomic E-state index is 5.21. The Morgan fingerprint density at radius 1 is 1.54 bits per heavy atom. The molecule has 0 aromatic carbocycles. The summed E-state index contributed by atoms with van der Waals surface area (Å²) in [5.74, 6) is 0.632. The van der Waals surface area contributed by atoms with Crippen LogP contribution < -0.4 is 5.32 Å². The predicted octanol–water partition coefficient (Wildman–Crippen LogP) is 2.83. The molecule has 0 saturated heterocycles. The quantitative estimate of drug-likeness (QED) is 0.778. The Morgan fingerprint density at radius 2 is 2.23 bits per heavy atom. The molecule has 1 aromatic rings. The van der Waals surface area contributed by atoms with Crippen molar-refractivity contribution in [3.63, 3.8) is 0 Å². The lowest BCUT2D eigenvalue weighted by atomic mass is 10.0. The van der Waals surface area contributed by atoms with Crippen LogP contribution in [0.1, 0.15) is 32.9 Å². The van der Waals surface area contributed by atoms with Gasteiger partial charge in [-0.15, -0.1) is 0 Å². The number of rotatable bonds is 4. The summed E-state index contributed by atoms with van der Waals surface area (Å²) in [6.07, 6.45) is 2.82. The van der Waals surface area contributed by atoms with Gasteiger partial charge in [0.05, 0.1) is 5.69 Å². The topological polar surface area (TPSA) is 38.1 Å². The maximum absolute atomic E-state index is 5.21. The van der Waals surface area contributed by atoms with Gasteiger partial charge in [-0.2, -0.15) is 4.98 Å². The van der Waals surface area contributed by atoms with Crippen molar-refractivity contribution in [2.45, 2.75) is 40.2 Å². The van der Waals surface area contributed by atoms with Crippen LogP contribution in [0.2, 0.25) is 0 Å². The van der Waals surface area contributed by atoms with E-state index in [1.54, 1.807) is 6.26 Å². The van der Waals surface area contributed by atoms with Gasteiger partial charge in [-0.05, 0) is 19.8 Å². The number of aromatic nitrogens is 1. The van der Waals surface area contributed by atoms with Gasteiger partial charge in [0.25, 0.3) is 6.01 Å². The highest BCUT2D eigenvalue weighted by Gasteiger charge is 2.11. The van der Waals surface area contributed by atoms with Crippen LogP contribution in [0, 0.1) is 12.8 Å². The van der Waals surface area contributed by atoms with Crippen molar-refractivity contribution in [3.8, 4) is 0 Å². The molecule has 1 N–H and O–H groups in total. The third-order valence-electron chi connectivity index (χ3n) is 2.47. The Hall–Kier alpha value is -0.990. The summed E-state index contributed by atoms with van der Waals surface area (Å²) in [6, 6.07) is 1.04. The van der Waals surface area contributed by atoms with Crippen LogP contribution in [0.5, 0.6) is 0 Å². The van der Waals surface area contributed by atoms with Gasteiger partial charge in [0.2, 0.25) is 0 Å². The van der Waals surface area contributed by atoms with Crippen molar-refractivity contribution in [1.82, 2.24) is 4.98 Å². The molecule has 13 heavy (non-hydrogen) atoms. The van der Waals surface area contributed by atoms with Crippen LogP contribution in [-0.4, -0.2) is 11.0 Å². The van der Waals surface area contributed by atoms with Crippen molar-refractivity contribution in [3.05, 3.63) is 12.0 Å². The fourth-order valence-corrected chi connectivity index (χ4v) is 1.11. The summed E-state index contributed by atoms with van der Waals surface area (Å²) in [6.45, 7) is 8.47. The normalized spacial score (nSPS) is 15.4. The molecule has 3 nitrogen and oxygen atoms in total. The first kappa shape index (κ1) is 10.1. The lowest BCUT2D eigenvalue weighted by Crippen LogP contribution is -2.23. The highest BCUT2D eigenvalue weighted by molar-refractivity contribution is 5.22. The van der Waals surface area contributed by atoms with E-state index in [1.165, 1.54) is 0 Å². The fraction of sp³-hybridized carbons (Fsp3) is 0.700. The molecular weight excluding hydrogens is 164 g/mol. The van der Waals surface area contributed by atoms with Gasteiger partial charge in [0.1, 0.15) is 6.26 Å². The minimum Gasteiger partial charge on any atom is -0.432 e. The van der Waals surface area contributed by atoms with E-state index in [1.807, 2.05) is 6.92 Å². The number of nitrogens with one attached hydrogen (secondary N) is 1. The van der Waals surface area contributed by atoms with Crippen molar-refractivity contribution in [1.29, 1.82) is 0 Å². The Bertz CT molecular complexity index is 257. The number of aryl methyl sites for hydroxylation is 1. The fourth-order valence-electron chi connectivity index (χ4n) is 1.11. The Balaban J connectivity index is 2.49. The van der Waals surface area contributed by atoms with E-state index in [0.29, 0.717) is 18.0 Å². The van der Waals surface area contributed by atoms with Gasteiger partial charge >= 0.3 is 0 Å². The van der Waals surface area contributed by atoms with Crippen molar-refractivity contribution >= 4 is 6.01 Å². The molecule has 1 aromatic heterocycles. The summed E-state index contributed by atoms with van der Waals surface area (Å²) >= 11 is 0. The first-order valence-electron chi connectivity index (χ1n) is 4.82. The average Bonchev–Trinajstić information content (AvgIpc) is 2.49. The third kappa shape index (κ3) is 2.76. The number of hydrogen-bond donors (Lipinski definition) is 1. The van der Waals surface area contributed by atoms with Crippen molar-refractivity contribution in [2.24, 2.45) is 5.92 Å². The Morgan fingerprint density at radius 3 is 2.69 bits per heavy atom. The molecule has 0 bridgehead atoms. The van der Waals surface area contributed by atoms with Crippen LogP contribution in [0.4, 0.5) is 6.01 Å². The summed E-state index contributed by atoms with van der Waals surface area (Å²) in [5, 5.41) is 3.24. The van der Waals surface area contributed by atoms with Gasteiger partial charge in [-0.3, -0.25) is 0 Å². The first-order chi connectivity index (χ1) is 6.13. The van der Waals surface area contributed by atoms with Gasteiger partial charge < -0.3 is 9.73 Å². The number of hydrogen-bond acceptors (Lipinski definition) is 3. The molecule has 74 valence electrons. The van der Waals surface area contributed by atoms with Crippen molar-refractivity contribution in [2.75, 3.05) is 5.32 Å². The number of oxazole rings is 1. The first-order valence-corrected chi connectivity index (χ1v) is 4.82. The zero-order chi connectivity index (χ0) is 9.84. The molecule has 0 saturated carbocycles. The summed E-state index contributed by atoms with van der Waals surface area (Å²) in [4.78, 5) is 4.19. The second-order valence-corrected chi connectivity index (χ2v) is 3.61. The van der Waals surface area contributed by atoms with Crippen LogP contribution in [-0.2, 0) is 0 Å². The van der Waals surface area contributed by atoms with E-state index in [0.717, 1.165) is 12.1 Å². The molecule has 2 unspecified atom stereocenters. The van der Waals surface area contributed by atoms with Crippen LogP contribution in [0.15, 0.2) is 10.7 Å². The second kappa shape index (κ2) is 4.30. The molecule has 0 fully saturated rings. The number of nitrogens with zero attached hydrogens (tertiary/aromatic N) is 1. The summed E-state index contributed by atoms with van der Waals surface area (Å²) in [7, 11) is 0. The van der Waals surface area contributed by atoms with E-state index < -0.39 is 0 Å². The molecule has 1 rings (SSSR count).